The summed E-state index contributed by atoms with van der Waals surface area (Å²) in [7, 11) is 1.47. The maximum absolute atomic E-state index is 12.1. The SMILES string of the molecule is COc1c(Br)cc(Cl)cc1NC(=O)C(C)C(C)C(=O)O. The van der Waals surface area contributed by atoms with Gasteiger partial charge >= 0.3 is 5.97 Å². The van der Waals surface area contributed by atoms with Crippen molar-refractivity contribution >= 4 is 45.1 Å². The van der Waals surface area contributed by atoms with Crippen LogP contribution >= 0.6 is 27.5 Å². The number of carbonyl (C=O) groups excluding carboxylic acids is 1. The van der Waals surface area contributed by atoms with Gasteiger partial charge in [-0.05, 0) is 28.1 Å². The number of rotatable bonds is 5. The number of carboxylic acid groups (broad SMARTS) is 1. The minimum atomic E-state index is -1.02. The van der Waals surface area contributed by atoms with E-state index in [0.29, 0.717) is 20.9 Å². The molecular weight excluding hydrogens is 350 g/mol. The fourth-order valence-electron chi connectivity index (χ4n) is 1.55. The van der Waals surface area contributed by atoms with Gasteiger partial charge in [-0.3, -0.25) is 9.59 Å². The largest absolute Gasteiger partial charge is 0.493 e. The molecule has 2 unspecified atom stereocenters. The van der Waals surface area contributed by atoms with Crippen molar-refractivity contribution in [3.8, 4) is 5.75 Å². The summed E-state index contributed by atoms with van der Waals surface area (Å²) in [5.41, 5.74) is 0.390. The van der Waals surface area contributed by atoms with E-state index < -0.39 is 23.7 Å². The lowest BCUT2D eigenvalue weighted by molar-refractivity contribution is -0.145. The number of benzene rings is 1. The number of methoxy groups -OCH3 is 1. The Labute approximate surface area is 130 Å². The predicted octanol–water partition coefficient (Wildman–Crippen LogP) is 3.41. The molecule has 0 heterocycles. The molecule has 1 aromatic rings. The van der Waals surface area contributed by atoms with Crippen LogP contribution in [0.25, 0.3) is 0 Å². The molecule has 0 aliphatic rings. The maximum atomic E-state index is 12.1. The van der Waals surface area contributed by atoms with E-state index in [1.807, 2.05) is 0 Å². The zero-order valence-corrected chi connectivity index (χ0v) is 13.6. The highest BCUT2D eigenvalue weighted by molar-refractivity contribution is 9.10. The summed E-state index contributed by atoms with van der Waals surface area (Å²) < 4.78 is 5.78. The monoisotopic (exact) mass is 363 g/mol. The second kappa shape index (κ2) is 6.95. The Kier molecular flexibility index (Phi) is 5.83. The molecule has 2 atom stereocenters. The molecule has 0 saturated heterocycles. The number of carbonyl (C=O) groups is 2. The number of hydrogen-bond acceptors (Lipinski definition) is 3. The summed E-state index contributed by atoms with van der Waals surface area (Å²) in [5.74, 6) is -2.48. The van der Waals surface area contributed by atoms with E-state index in [1.54, 1.807) is 19.1 Å². The number of amides is 1. The predicted molar refractivity (Wildman–Crippen MR) is 80.3 cm³/mol. The third-order valence-corrected chi connectivity index (χ3v) is 3.83. The van der Waals surface area contributed by atoms with Crippen LogP contribution in [-0.4, -0.2) is 24.1 Å². The standard InChI is InChI=1S/C13H15BrClNO4/c1-6(7(2)13(18)19)12(17)16-10-5-8(15)4-9(14)11(10)20-3/h4-7H,1-3H3,(H,16,17)(H,18,19). The molecule has 0 aliphatic carbocycles. The molecular formula is C13H15BrClNO4. The van der Waals surface area contributed by atoms with Crippen molar-refractivity contribution < 1.29 is 19.4 Å². The van der Waals surface area contributed by atoms with Gasteiger partial charge in [-0.15, -0.1) is 0 Å². The molecule has 0 aromatic heterocycles. The smallest absolute Gasteiger partial charge is 0.307 e. The third-order valence-electron chi connectivity index (χ3n) is 3.02. The van der Waals surface area contributed by atoms with Crippen molar-refractivity contribution in [3.05, 3.63) is 21.6 Å². The van der Waals surface area contributed by atoms with Crippen LogP contribution in [0.3, 0.4) is 0 Å². The van der Waals surface area contributed by atoms with Crippen molar-refractivity contribution in [2.75, 3.05) is 12.4 Å². The lowest BCUT2D eigenvalue weighted by atomic mass is 9.95. The van der Waals surface area contributed by atoms with Crippen LogP contribution < -0.4 is 10.1 Å². The first kappa shape index (κ1) is 16.8. The average molecular weight is 365 g/mol. The second-order valence-corrected chi connectivity index (χ2v) is 5.66. The molecule has 1 amide bonds. The minimum absolute atomic E-state index is 0.390. The molecule has 0 radical (unpaired) electrons. The first-order valence-corrected chi connectivity index (χ1v) is 7.01. The maximum Gasteiger partial charge on any atom is 0.307 e. The highest BCUT2D eigenvalue weighted by Crippen LogP contribution is 2.36. The van der Waals surface area contributed by atoms with Crippen molar-refractivity contribution in [2.45, 2.75) is 13.8 Å². The Bertz CT molecular complexity index is 535. The highest BCUT2D eigenvalue weighted by atomic mass is 79.9. The molecule has 0 saturated carbocycles. The summed E-state index contributed by atoms with van der Waals surface area (Å²) >= 11 is 9.21. The average Bonchev–Trinajstić information content (AvgIpc) is 2.36. The van der Waals surface area contributed by atoms with Crippen LogP contribution in [-0.2, 0) is 9.59 Å². The van der Waals surface area contributed by atoms with E-state index in [9.17, 15) is 9.59 Å². The van der Waals surface area contributed by atoms with Crippen molar-refractivity contribution in [1.82, 2.24) is 0 Å². The van der Waals surface area contributed by atoms with Crippen molar-refractivity contribution in [2.24, 2.45) is 11.8 Å². The number of carboxylic acids is 1. The number of aliphatic carboxylic acids is 1. The fraction of sp³-hybridized carbons (Fsp3) is 0.385. The normalized spacial score (nSPS) is 13.4. The lowest BCUT2D eigenvalue weighted by Gasteiger charge is -2.18. The minimum Gasteiger partial charge on any atom is -0.493 e. The van der Waals surface area contributed by atoms with Crippen molar-refractivity contribution in [1.29, 1.82) is 0 Å². The Morgan fingerprint density at radius 3 is 2.45 bits per heavy atom. The van der Waals surface area contributed by atoms with E-state index >= 15 is 0 Å². The topological polar surface area (TPSA) is 75.6 Å². The number of nitrogens with one attached hydrogen (secondary N) is 1. The van der Waals surface area contributed by atoms with Gasteiger partial charge in [0, 0.05) is 10.9 Å². The van der Waals surface area contributed by atoms with Gasteiger partial charge in [0.15, 0.2) is 5.75 Å². The van der Waals surface area contributed by atoms with Gasteiger partial charge in [0.25, 0.3) is 0 Å². The number of anilines is 1. The zero-order chi connectivity index (χ0) is 15.4. The van der Waals surface area contributed by atoms with Crippen LogP contribution in [0.2, 0.25) is 5.02 Å². The lowest BCUT2D eigenvalue weighted by Crippen LogP contribution is -2.30. The Hall–Kier alpha value is -1.27. The Balaban J connectivity index is 2.99. The molecule has 20 heavy (non-hydrogen) atoms. The quantitative estimate of drug-likeness (QED) is 0.839. The molecule has 2 N–H and O–H groups in total. The molecule has 0 bridgehead atoms. The first-order valence-electron chi connectivity index (χ1n) is 5.84. The van der Waals surface area contributed by atoms with Crippen LogP contribution in [0.5, 0.6) is 5.75 Å². The van der Waals surface area contributed by atoms with Gasteiger partial charge in [-0.1, -0.05) is 25.4 Å². The number of hydrogen-bond donors (Lipinski definition) is 2. The molecule has 0 aliphatic heterocycles. The van der Waals surface area contributed by atoms with E-state index in [2.05, 4.69) is 21.2 Å². The van der Waals surface area contributed by atoms with Crippen molar-refractivity contribution in [3.63, 3.8) is 0 Å². The van der Waals surface area contributed by atoms with Gasteiger partial charge < -0.3 is 15.2 Å². The molecule has 110 valence electrons. The van der Waals surface area contributed by atoms with E-state index in [4.69, 9.17) is 21.4 Å². The van der Waals surface area contributed by atoms with E-state index in [-0.39, 0.29) is 0 Å². The molecule has 7 heteroatoms. The Morgan fingerprint density at radius 2 is 1.95 bits per heavy atom. The molecule has 1 aromatic carbocycles. The molecule has 0 fully saturated rings. The summed E-state index contributed by atoms with van der Waals surface area (Å²) in [5, 5.41) is 12.0. The fourth-order valence-corrected chi connectivity index (χ4v) is 2.52. The summed E-state index contributed by atoms with van der Waals surface area (Å²) in [4.78, 5) is 23.0. The molecule has 1 rings (SSSR count). The van der Waals surface area contributed by atoms with E-state index in [1.165, 1.54) is 14.0 Å². The first-order chi connectivity index (χ1) is 9.27. The summed E-state index contributed by atoms with van der Waals surface area (Å²) in [6.07, 6.45) is 0. The van der Waals surface area contributed by atoms with Gasteiger partial charge in [0.2, 0.25) is 5.91 Å². The number of ether oxygens (including phenoxy) is 1. The van der Waals surface area contributed by atoms with Gasteiger partial charge in [0.1, 0.15) is 0 Å². The van der Waals surface area contributed by atoms with Gasteiger partial charge in [0.05, 0.1) is 23.2 Å². The molecule has 5 nitrogen and oxygen atoms in total. The van der Waals surface area contributed by atoms with Crippen LogP contribution in [0.15, 0.2) is 16.6 Å². The van der Waals surface area contributed by atoms with Gasteiger partial charge in [-0.2, -0.15) is 0 Å². The third kappa shape index (κ3) is 3.86. The highest BCUT2D eigenvalue weighted by Gasteiger charge is 2.26. The second-order valence-electron chi connectivity index (χ2n) is 4.37. The Morgan fingerprint density at radius 1 is 1.35 bits per heavy atom. The van der Waals surface area contributed by atoms with Gasteiger partial charge in [-0.25, -0.2) is 0 Å². The zero-order valence-electron chi connectivity index (χ0n) is 11.2. The van der Waals surface area contributed by atoms with E-state index in [0.717, 1.165) is 0 Å². The van der Waals surface area contributed by atoms with Crippen LogP contribution in [0, 0.1) is 11.8 Å². The summed E-state index contributed by atoms with van der Waals surface area (Å²) in [6, 6.07) is 3.18. The van der Waals surface area contributed by atoms with Crippen LogP contribution in [0.1, 0.15) is 13.8 Å². The van der Waals surface area contributed by atoms with Crippen LogP contribution in [0.4, 0.5) is 5.69 Å². The summed E-state index contributed by atoms with van der Waals surface area (Å²) in [6.45, 7) is 3.04. The molecule has 0 spiro atoms. The number of halogens is 2.